The summed E-state index contributed by atoms with van der Waals surface area (Å²) in [5, 5.41) is 1.62. The number of hydrogen-bond donors (Lipinski definition) is 0. The van der Waals surface area contributed by atoms with Gasteiger partial charge >= 0.3 is 6.09 Å². The second kappa shape index (κ2) is 4.20. The Balaban J connectivity index is 3.14. The van der Waals surface area contributed by atoms with Crippen molar-refractivity contribution in [3.63, 3.8) is 0 Å². The minimum Gasteiger partial charge on any atom is -0.435 e. The third-order valence-corrected chi connectivity index (χ3v) is 2.82. The van der Waals surface area contributed by atoms with Crippen molar-refractivity contribution in [2.75, 3.05) is 0 Å². The van der Waals surface area contributed by atoms with Gasteiger partial charge in [0, 0.05) is 13.8 Å². The van der Waals surface area contributed by atoms with Crippen molar-refractivity contribution in [2.45, 2.75) is 39.7 Å². The van der Waals surface area contributed by atoms with Gasteiger partial charge in [-0.3, -0.25) is 9.59 Å². The summed E-state index contributed by atoms with van der Waals surface area (Å²) in [6.07, 6.45) is -0.248. The van der Waals surface area contributed by atoms with Gasteiger partial charge in [0.1, 0.15) is 0 Å². The fourth-order valence-electron chi connectivity index (χ4n) is 1.61. The van der Waals surface area contributed by atoms with Crippen LogP contribution < -0.4 is 0 Å². The molecule has 0 aliphatic carbocycles. The first-order chi connectivity index (χ1) is 7.74. The highest BCUT2D eigenvalue weighted by atomic mass is 16.6. The van der Waals surface area contributed by atoms with Crippen LogP contribution in [0.2, 0.25) is 0 Å². The van der Waals surface area contributed by atoms with Crippen LogP contribution in [0.25, 0.3) is 0 Å². The Morgan fingerprint density at radius 3 is 2.18 bits per heavy atom. The second-order valence-electron chi connectivity index (χ2n) is 4.06. The van der Waals surface area contributed by atoms with Crippen molar-refractivity contribution in [3.8, 4) is 0 Å². The van der Waals surface area contributed by atoms with Gasteiger partial charge in [0.05, 0.1) is 5.70 Å². The summed E-state index contributed by atoms with van der Waals surface area (Å²) in [7, 11) is 0. The van der Waals surface area contributed by atoms with Gasteiger partial charge in [-0.15, -0.1) is 0 Å². The quantitative estimate of drug-likeness (QED) is 0.732. The molecule has 1 aliphatic heterocycles. The molecule has 3 amide bonds. The van der Waals surface area contributed by atoms with Gasteiger partial charge in [0.2, 0.25) is 11.8 Å². The van der Waals surface area contributed by atoms with E-state index in [1.807, 2.05) is 6.92 Å². The van der Waals surface area contributed by atoms with Crippen LogP contribution in [-0.4, -0.2) is 33.5 Å². The molecule has 1 fully saturated rings. The molecule has 1 aliphatic rings. The summed E-state index contributed by atoms with van der Waals surface area (Å²) < 4.78 is 5.15. The molecule has 0 radical (unpaired) electrons. The van der Waals surface area contributed by atoms with Crippen molar-refractivity contribution in [1.29, 1.82) is 0 Å². The maximum atomic E-state index is 11.7. The number of cyclic esters (lactones) is 1. The lowest BCUT2D eigenvalue weighted by molar-refractivity contribution is -0.154. The number of ether oxygens (including phenoxy) is 1. The third-order valence-electron chi connectivity index (χ3n) is 2.82. The lowest BCUT2D eigenvalue weighted by Crippen LogP contribution is -2.48. The molecule has 0 saturated carbocycles. The Morgan fingerprint density at radius 1 is 1.41 bits per heavy atom. The molecule has 6 nitrogen and oxygen atoms in total. The van der Waals surface area contributed by atoms with Crippen LogP contribution in [-0.2, 0) is 14.3 Å². The standard InChI is InChI=1S/C11H16N2O4/c1-6-11(5)7(2)12(10(16)17-11)13(8(3)14)9(4)15/h2,6H2,1,3-5H3. The minimum absolute atomic E-state index is 0.287. The molecular weight excluding hydrogens is 224 g/mol. The van der Waals surface area contributed by atoms with Crippen molar-refractivity contribution in [2.24, 2.45) is 0 Å². The lowest BCUT2D eigenvalue weighted by Gasteiger charge is -2.28. The number of hydrazine groups is 1. The van der Waals surface area contributed by atoms with Gasteiger partial charge in [0.25, 0.3) is 0 Å². The molecule has 1 rings (SSSR count). The van der Waals surface area contributed by atoms with Crippen LogP contribution in [0.3, 0.4) is 0 Å². The molecule has 1 heterocycles. The monoisotopic (exact) mass is 240 g/mol. The van der Waals surface area contributed by atoms with Crippen LogP contribution in [0.5, 0.6) is 0 Å². The maximum absolute atomic E-state index is 11.7. The van der Waals surface area contributed by atoms with Gasteiger partial charge in [-0.1, -0.05) is 13.5 Å². The molecule has 94 valence electrons. The van der Waals surface area contributed by atoms with E-state index in [2.05, 4.69) is 6.58 Å². The van der Waals surface area contributed by atoms with E-state index >= 15 is 0 Å². The van der Waals surface area contributed by atoms with Crippen LogP contribution in [0.1, 0.15) is 34.1 Å². The van der Waals surface area contributed by atoms with E-state index in [4.69, 9.17) is 4.74 Å². The highest BCUT2D eigenvalue weighted by molar-refractivity contribution is 5.95. The predicted molar refractivity (Wildman–Crippen MR) is 59.4 cm³/mol. The van der Waals surface area contributed by atoms with Crippen LogP contribution >= 0.6 is 0 Å². The first kappa shape index (κ1) is 13.2. The van der Waals surface area contributed by atoms with Crippen LogP contribution in [0.4, 0.5) is 4.79 Å². The van der Waals surface area contributed by atoms with Gasteiger partial charge in [-0.2, -0.15) is 10.0 Å². The van der Waals surface area contributed by atoms with Gasteiger partial charge in [-0.25, -0.2) is 4.79 Å². The Morgan fingerprint density at radius 2 is 1.88 bits per heavy atom. The fourth-order valence-corrected chi connectivity index (χ4v) is 1.61. The lowest BCUT2D eigenvalue weighted by atomic mass is 10.0. The molecular formula is C11H16N2O4. The van der Waals surface area contributed by atoms with E-state index in [1.165, 1.54) is 13.8 Å². The number of hydrogen-bond acceptors (Lipinski definition) is 4. The summed E-state index contributed by atoms with van der Waals surface area (Å²) in [5.41, 5.74) is -0.587. The highest BCUT2D eigenvalue weighted by Crippen LogP contribution is 2.35. The van der Waals surface area contributed by atoms with E-state index < -0.39 is 23.5 Å². The Hall–Kier alpha value is -1.85. The first-order valence-electron chi connectivity index (χ1n) is 5.28. The summed E-state index contributed by atoms with van der Waals surface area (Å²) >= 11 is 0. The van der Waals surface area contributed by atoms with Crippen molar-refractivity contribution in [3.05, 3.63) is 12.3 Å². The van der Waals surface area contributed by atoms with E-state index in [-0.39, 0.29) is 5.70 Å². The summed E-state index contributed by atoms with van der Waals surface area (Å²) in [4.78, 5) is 34.5. The highest BCUT2D eigenvalue weighted by Gasteiger charge is 2.48. The zero-order valence-corrected chi connectivity index (χ0v) is 10.4. The first-order valence-corrected chi connectivity index (χ1v) is 5.28. The van der Waals surface area contributed by atoms with E-state index in [0.29, 0.717) is 6.42 Å². The summed E-state index contributed by atoms with van der Waals surface area (Å²) in [5.74, 6) is -1.12. The van der Waals surface area contributed by atoms with Crippen molar-refractivity contribution < 1.29 is 19.1 Å². The smallest absolute Gasteiger partial charge is 0.434 e. The molecule has 0 aromatic heterocycles. The minimum atomic E-state index is -0.875. The largest absolute Gasteiger partial charge is 0.435 e. The zero-order chi connectivity index (χ0) is 13.4. The number of amides is 3. The van der Waals surface area contributed by atoms with Crippen LogP contribution in [0.15, 0.2) is 12.3 Å². The average molecular weight is 240 g/mol. The zero-order valence-electron chi connectivity index (χ0n) is 10.4. The average Bonchev–Trinajstić information content (AvgIpc) is 2.42. The van der Waals surface area contributed by atoms with Gasteiger partial charge < -0.3 is 4.74 Å². The van der Waals surface area contributed by atoms with Crippen LogP contribution in [0, 0.1) is 0 Å². The fraction of sp³-hybridized carbons (Fsp3) is 0.545. The second-order valence-corrected chi connectivity index (χ2v) is 4.06. The molecule has 1 atom stereocenters. The number of rotatable bonds is 2. The third kappa shape index (κ3) is 2.02. The van der Waals surface area contributed by atoms with Gasteiger partial charge in [-0.05, 0) is 13.3 Å². The summed E-state index contributed by atoms with van der Waals surface area (Å²) in [6.45, 7) is 9.64. The predicted octanol–water partition coefficient (Wildman–Crippen LogP) is 1.43. The van der Waals surface area contributed by atoms with Crippen molar-refractivity contribution in [1.82, 2.24) is 10.0 Å². The summed E-state index contributed by atoms with van der Waals surface area (Å²) in [6, 6.07) is 0. The van der Waals surface area contributed by atoms with E-state index in [9.17, 15) is 14.4 Å². The Bertz CT molecular complexity index is 390. The SMILES string of the molecule is C=C1N(N(C(C)=O)C(C)=O)C(=O)OC1(C)CC. The Kier molecular flexibility index (Phi) is 3.26. The molecule has 0 N–H and O–H groups in total. The molecule has 0 bridgehead atoms. The van der Waals surface area contributed by atoms with Crippen molar-refractivity contribution >= 4 is 17.9 Å². The number of carbonyl (C=O) groups excluding carboxylic acids is 3. The molecule has 0 aromatic rings. The molecule has 0 aromatic carbocycles. The molecule has 17 heavy (non-hydrogen) atoms. The number of imide groups is 1. The molecule has 1 saturated heterocycles. The Labute approximate surface area is 99.8 Å². The van der Waals surface area contributed by atoms with E-state index in [1.54, 1.807) is 6.92 Å². The molecule has 1 unspecified atom stereocenters. The molecule has 0 spiro atoms. The van der Waals surface area contributed by atoms with Gasteiger partial charge in [0.15, 0.2) is 5.60 Å². The molecule has 6 heteroatoms. The topological polar surface area (TPSA) is 66.9 Å². The number of carbonyl (C=O) groups is 3. The van der Waals surface area contributed by atoms with E-state index in [0.717, 1.165) is 10.0 Å². The number of nitrogens with zero attached hydrogens (tertiary/aromatic N) is 2. The maximum Gasteiger partial charge on any atom is 0.434 e. The normalized spacial score (nSPS) is 23.6.